The molecular formula is C28H36N2O4. The monoisotopic (exact) mass is 464 g/mol. The van der Waals surface area contributed by atoms with E-state index in [9.17, 15) is 10.1 Å². The maximum atomic E-state index is 13.1. The van der Waals surface area contributed by atoms with Gasteiger partial charge in [0.1, 0.15) is 6.10 Å². The van der Waals surface area contributed by atoms with Crippen molar-refractivity contribution in [1.29, 1.82) is 5.26 Å². The Morgan fingerprint density at radius 1 is 1.26 bits per heavy atom. The molecule has 2 aliphatic carbocycles. The first-order valence-corrected chi connectivity index (χ1v) is 12.7. The highest BCUT2D eigenvalue weighted by Gasteiger charge is 2.52. The van der Waals surface area contributed by atoms with Gasteiger partial charge in [-0.25, -0.2) is 0 Å². The molecule has 0 N–H and O–H groups in total. The molecule has 182 valence electrons. The zero-order valence-electron chi connectivity index (χ0n) is 20.8. The molecule has 2 aliphatic heterocycles. The summed E-state index contributed by atoms with van der Waals surface area (Å²) in [7, 11) is 3.28. The van der Waals surface area contributed by atoms with Gasteiger partial charge in [0.25, 0.3) is 0 Å². The fourth-order valence-electron chi connectivity index (χ4n) is 7.14. The molecule has 0 unspecified atom stereocenters. The van der Waals surface area contributed by atoms with Gasteiger partial charge >= 0.3 is 5.97 Å². The van der Waals surface area contributed by atoms with Gasteiger partial charge in [-0.15, -0.1) is 0 Å². The van der Waals surface area contributed by atoms with Crippen LogP contribution in [0.2, 0.25) is 0 Å². The minimum Gasteiger partial charge on any atom is -0.493 e. The predicted molar refractivity (Wildman–Crippen MR) is 128 cm³/mol. The predicted octanol–water partition coefficient (Wildman–Crippen LogP) is 4.83. The molecule has 2 heterocycles. The van der Waals surface area contributed by atoms with E-state index in [1.807, 2.05) is 12.1 Å². The zero-order valence-corrected chi connectivity index (χ0v) is 20.8. The van der Waals surface area contributed by atoms with Crippen LogP contribution >= 0.6 is 0 Å². The van der Waals surface area contributed by atoms with Gasteiger partial charge in [0, 0.05) is 25.0 Å². The number of rotatable bonds is 5. The summed E-state index contributed by atoms with van der Waals surface area (Å²) in [4.78, 5) is 15.4. The van der Waals surface area contributed by atoms with Gasteiger partial charge in [0.05, 0.1) is 32.6 Å². The van der Waals surface area contributed by atoms with Crippen LogP contribution < -0.4 is 9.47 Å². The average molecular weight is 465 g/mol. The van der Waals surface area contributed by atoms with Crippen LogP contribution in [0.3, 0.4) is 0 Å². The Hall–Kier alpha value is -2.52. The number of nitriles is 1. The molecule has 1 saturated heterocycles. The highest BCUT2D eigenvalue weighted by atomic mass is 16.6. The molecule has 0 spiro atoms. The Bertz CT molecular complexity index is 1040. The number of esters is 1. The van der Waals surface area contributed by atoms with Crippen LogP contribution in [0, 0.1) is 34.5 Å². The van der Waals surface area contributed by atoms with Crippen molar-refractivity contribution in [3.63, 3.8) is 0 Å². The third-order valence-corrected chi connectivity index (χ3v) is 8.91. The van der Waals surface area contributed by atoms with Crippen molar-refractivity contribution in [1.82, 2.24) is 4.90 Å². The number of hydrogen-bond acceptors (Lipinski definition) is 6. The second kappa shape index (κ2) is 8.92. The van der Waals surface area contributed by atoms with E-state index in [2.05, 4.69) is 30.9 Å². The fraction of sp³-hybridized carbons (Fsp3) is 0.643. The highest BCUT2D eigenvalue weighted by molar-refractivity contribution is 5.76. The lowest BCUT2D eigenvalue weighted by Crippen LogP contribution is -2.43. The van der Waals surface area contributed by atoms with Crippen LogP contribution in [-0.4, -0.2) is 44.3 Å². The molecule has 6 heteroatoms. The van der Waals surface area contributed by atoms with Crippen molar-refractivity contribution in [3.8, 4) is 17.6 Å². The Morgan fingerprint density at radius 3 is 2.76 bits per heavy atom. The van der Waals surface area contributed by atoms with Crippen LogP contribution in [0.1, 0.15) is 63.1 Å². The van der Waals surface area contributed by atoms with E-state index in [1.54, 1.807) is 14.2 Å². The van der Waals surface area contributed by atoms with Crippen LogP contribution in [0.25, 0.3) is 0 Å². The number of carbonyl (C=O) groups excluding carboxylic acids is 1. The summed E-state index contributed by atoms with van der Waals surface area (Å²) < 4.78 is 17.0. The van der Waals surface area contributed by atoms with Gasteiger partial charge in [-0.2, -0.15) is 5.26 Å². The molecule has 1 aromatic rings. The molecule has 0 radical (unpaired) electrons. The Balaban J connectivity index is 1.44. The average Bonchev–Trinajstić information content (AvgIpc) is 3.11. The van der Waals surface area contributed by atoms with Crippen molar-refractivity contribution in [3.05, 3.63) is 34.9 Å². The molecule has 6 nitrogen and oxygen atoms in total. The SMILES string of the molecule is COc1cc2c(cc1OC)[C@H](CC#N)N(C[C@H]1C(=O)O[C@@H]3C[C@]4(C)CCC[C@@H](C)C4=C[C@H]31)CC2. The number of nitrogens with zero attached hydrogens (tertiary/aromatic N) is 2. The normalized spacial score (nSPS) is 34.7. The first-order chi connectivity index (χ1) is 16.4. The van der Waals surface area contributed by atoms with Crippen molar-refractivity contribution < 1.29 is 19.0 Å². The Labute approximate surface area is 202 Å². The molecule has 0 aromatic heterocycles. The van der Waals surface area contributed by atoms with Gasteiger partial charge in [-0.3, -0.25) is 9.69 Å². The van der Waals surface area contributed by atoms with Gasteiger partial charge in [0.2, 0.25) is 0 Å². The van der Waals surface area contributed by atoms with Gasteiger partial charge < -0.3 is 14.2 Å². The van der Waals surface area contributed by atoms with Crippen molar-refractivity contribution in [2.24, 2.45) is 23.2 Å². The molecular weight excluding hydrogens is 428 g/mol. The zero-order chi connectivity index (χ0) is 24.0. The number of methoxy groups -OCH3 is 2. The van der Waals surface area contributed by atoms with Crippen LogP contribution in [0.15, 0.2) is 23.8 Å². The van der Waals surface area contributed by atoms with E-state index >= 15 is 0 Å². The lowest BCUT2D eigenvalue weighted by molar-refractivity contribution is -0.145. The quantitative estimate of drug-likeness (QED) is 0.459. The number of ether oxygens (including phenoxy) is 3. The second-order valence-electron chi connectivity index (χ2n) is 10.9. The molecule has 0 bridgehead atoms. The van der Waals surface area contributed by atoms with E-state index in [1.165, 1.54) is 30.4 Å². The van der Waals surface area contributed by atoms with Crippen molar-refractivity contribution in [2.75, 3.05) is 27.3 Å². The van der Waals surface area contributed by atoms with E-state index in [0.717, 1.165) is 24.9 Å². The summed E-state index contributed by atoms with van der Waals surface area (Å²) >= 11 is 0. The van der Waals surface area contributed by atoms with E-state index in [0.29, 0.717) is 30.4 Å². The summed E-state index contributed by atoms with van der Waals surface area (Å²) in [6.07, 6.45) is 8.23. The van der Waals surface area contributed by atoms with Gasteiger partial charge in [0.15, 0.2) is 11.5 Å². The maximum absolute atomic E-state index is 13.1. The van der Waals surface area contributed by atoms with Crippen molar-refractivity contribution >= 4 is 5.97 Å². The maximum Gasteiger partial charge on any atom is 0.311 e. The Morgan fingerprint density at radius 2 is 2.03 bits per heavy atom. The summed E-state index contributed by atoms with van der Waals surface area (Å²) in [5.74, 6) is 1.84. The molecule has 34 heavy (non-hydrogen) atoms. The summed E-state index contributed by atoms with van der Waals surface area (Å²) in [6, 6.07) is 6.34. The number of carbonyl (C=O) groups is 1. The minimum atomic E-state index is -0.181. The molecule has 2 fully saturated rings. The summed E-state index contributed by atoms with van der Waals surface area (Å²) in [5.41, 5.74) is 3.99. The smallest absolute Gasteiger partial charge is 0.311 e. The van der Waals surface area contributed by atoms with Gasteiger partial charge in [-0.1, -0.05) is 31.9 Å². The molecule has 5 rings (SSSR count). The first-order valence-electron chi connectivity index (χ1n) is 12.7. The largest absolute Gasteiger partial charge is 0.493 e. The fourth-order valence-corrected chi connectivity index (χ4v) is 7.14. The van der Waals surface area contributed by atoms with Crippen LogP contribution in [-0.2, 0) is 16.0 Å². The summed E-state index contributed by atoms with van der Waals surface area (Å²) in [5, 5.41) is 9.64. The third kappa shape index (κ3) is 3.79. The lowest BCUT2D eigenvalue weighted by Gasteiger charge is -2.46. The van der Waals surface area contributed by atoms with Gasteiger partial charge in [-0.05, 0) is 60.3 Å². The number of benzene rings is 1. The number of fused-ring (bicyclic) bond motifs is 3. The van der Waals surface area contributed by atoms with E-state index < -0.39 is 0 Å². The summed E-state index contributed by atoms with van der Waals surface area (Å²) in [6.45, 7) is 6.12. The van der Waals surface area contributed by atoms with Crippen molar-refractivity contribution in [2.45, 2.75) is 64.5 Å². The van der Waals surface area contributed by atoms with E-state index in [4.69, 9.17) is 14.2 Å². The van der Waals surface area contributed by atoms with Crippen LogP contribution in [0.5, 0.6) is 11.5 Å². The lowest BCUT2D eigenvalue weighted by atomic mass is 9.59. The third-order valence-electron chi connectivity index (χ3n) is 8.91. The first kappa shape index (κ1) is 23.2. The standard InChI is InChI=1S/C28H36N2O4/c1-17-6-5-9-28(2)15-26-20(13-22(17)28)21(27(31)34-26)16-30-11-8-18-12-24(32-3)25(33-4)14-19(18)23(30)7-10-29/h12-14,17,20-21,23,26H,5-9,11,15-16H2,1-4H3/t17-,20+,21-,23+,26-,28+/m1/s1. The molecule has 0 amide bonds. The Kier molecular flexibility index (Phi) is 6.10. The highest BCUT2D eigenvalue weighted by Crippen LogP contribution is 2.54. The minimum absolute atomic E-state index is 0.0209. The number of hydrogen-bond donors (Lipinski definition) is 0. The van der Waals surface area contributed by atoms with E-state index in [-0.39, 0.29) is 35.4 Å². The second-order valence-corrected chi connectivity index (χ2v) is 10.9. The topological polar surface area (TPSA) is 71.8 Å². The number of allylic oxidation sites excluding steroid dienone is 1. The molecule has 1 saturated carbocycles. The van der Waals surface area contributed by atoms with Crippen LogP contribution in [0.4, 0.5) is 0 Å². The molecule has 4 aliphatic rings. The molecule has 1 aromatic carbocycles. The molecule has 6 atom stereocenters.